The van der Waals surface area contributed by atoms with E-state index in [0.717, 1.165) is 0 Å². The Morgan fingerprint density at radius 3 is 2.67 bits per heavy atom. The van der Waals surface area contributed by atoms with Crippen LogP contribution in [-0.2, 0) is 19.1 Å². The number of rotatable bonds is 7. The maximum absolute atomic E-state index is 12.4. The van der Waals surface area contributed by atoms with Crippen LogP contribution in [0.15, 0.2) is 48.5 Å². The number of ether oxygens (including phenoxy) is 2. The van der Waals surface area contributed by atoms with Crippen molar-refractivity contribution in [3.8, 4) is 5.75 Å². The molecule has 1 atom stereocenters. The fourth-order valence-corrected chi connectivity index (χ4v) is 2.94. The zero-order valence-electron chi connectivity index (χ0n) is 16.1. The molecular formula is C20H19N3O7. The molecule has 1 unspecified atom stereocenters. The number of nitrogens with one attached hydrogen (secondary N) is 1. The Morgan fingerprint density at radius 1 is 1.20 bits per heavy atom. The molecule has 1 heterocycles. The normalized spacial score (nSPS) is 15.0. The van der Waals surface area contributed by atoms with E-state index in [1.165, 1.54) is 29.2 Å². The first-order valence-corrected chi connectivity index (χ1v) is 9.13. The van der Waals surface area contributed by atoms with Crippen LogP contribution in [0.2, 0.25) is 0 Å². The van der Waals surface area contributed by atoms with Gasteiger partial charge in [-0.2, -0.15) is 0 Å². The molecule has 2 aromatic carbocycles. The van der Waals surface area contributed by atoms with E-state index in [4.69, 9.17) is 9.47 Å². The van der Waals surface area contributed by atoms with E-state index in [1.54, 1.807) is 31.2 Å². The quantitative estimate of drug-likeness (QED) is 0.419. The Hall–Kier alpha value is -3.95. The molecule has 0 radical (unpaired) electrons. The summed E-state index contributed by atoms with van der Waals surface area (Å²) in [5, 5.41) is 13.3. The minimum atomic E-state index is -0.709. The Labute approximate surface area is 171 Å². The number of carbonyl (C=O) groups excluding carboxylic acids is 3. The Bertz CT molecular complexity index is 992. The number of para-hydroxylation sites is 4. The predicted octanol–water partition coefficient (Wildman–Crippen LogP) is 2.28. The number of hydrogen-bond donors (Lipinski definition) is 1. The first kappa shape index (κ1) is 20.8. The number of hydrogen-bond acceptors (Lipinski definition) is 7. The summed E-state index contributed by atoms with van der Waals surface area (Å²) in [7, 11) is 0. The van der Waals surface area contributed by atoms with E-state index in [-0.39, 0.29) is 30.2 Å². The summed E-state index contributed by atoms with van der Waals surface area (Å²) in [5.41, 5.74) is 0.298. The average Bonchev–Trinajstić information content (AvgIpc) is 2.73. The molecule has 1 aliphatic heterocycles. The SMILES string of the molecule is CC1Oc2ccccc2N(CCC(=O)OCC(=O)Nc2ccccc2[N+](=O)[O-])C1=O. The van der Waals surface area contributed by atoms with E-state index >= 15 is 0 Å². The highest BCUT2D eigenvalue weighted by Gasteiger charge is 2.31. The molecule has 2 aromatic rings. The summed E-state index contributed by atoms with van der Waals surface area (Å²) < 4.78 is 10.5. The summed E-state index contributed by atoms with van der Waals surface area (Å²) >= 11 is 0. The maximum atomic E-state index is 12.4. The first-order valence-electron chi connectivity index (χ1n) is 9.13. The fourth-order valence-electron chi connectivity index (χ4n) is 2.94. The largest absolute Gasteiger partial charge is 0.479 e. The molecule has 30 heavy (non-hydrogen) atoms. The van der Waals surface area contributed by atoms with Crippen molar-refractivity contribution in [3.05, 3.63) is 58.6 Å². The Morgan fingerprint density at radius 2 is 1.90 bits per heavy atom. The molecule has 0 fully saturated rings. The monoisotopic (exact) mass is 413 g/mol. The molecule has 0 spiro atoms. The van der Waals surface area contributed by atoms with Crippen LogP contribution in [0.25, 0.3) is 0 Å². The summed E-state index contributed by atoms with van der Waals surface area (Å²) in [6.45, 7) is 1.08. The van der Waals surface area contributed by atoms with Gasteiger partial charge in [0.05, 0.1) is 17.0 Å². The number of nitro benzene ring substituents is 1. The summed E-state index contributed by atoms with van der Waals surface area (Å²) in [5.74, 6) is -1.13. The maximum Gasteiger partial charge on any atom is 0.308 e. The van der Waals surface area contributed by atoms with Crippen LogP contribution in [0, 0.1) is 10.1 Å². The van der Waals surface area contributed by atoms with Gasteiger partial charge in [-0.1, -0.05) is 24.3 Å². The van der Waals surface area contributed by atoms with Crippen molar-refractivity contribution < 1.29 is 28.8 Å². The van der Waals surface area contributed by atoms with Gasteiger partial charge in [-0.3, -0.25) is 24.5 Å². The van der Waals surface area contributed by atoms with Gasteiger partial charge in [0.25, 0.3) is 17.5 Å². The third-order valence-electron chi connectivity index (χ3n) is 4.35. The zero-order chi connectivity index (χ0) is 21.7. The molecule has 0 aromatic heterocycles. The van der Waals surface area contributed by atoms with Crippen LogP contribution in [0.4, 0.5) is 17.1 Å². The lowest BCUT2D eigenvalue weighted by molar-refractivity contribution is -0.383. The molecule has 10 nitrogen and oxygen atoms in total. The van der Waals surface area contributed by atoms with Crippen molar-refractivity contribution in [3.63, 3.8) is 0 Å². The van der Waals surface area contributed by atoms with E-state index in [0.29, 0.717) is 11.4 Å². The van der Waals surface area contributed by atoms with Gasteiger partial charge in [-0.15, -0.1) is 0 Å². The average molecular weight is 413 g/mol. The molecule has 2 amide bonds. The van der Waals surface area contributed by atoms with Crippen LogP contribution in [0.5, 0.6) is 5.75 Å². The van der Waals surface area contributed by atoms with Crippen LogP contribution in [0.1, 0.15) is 13.3 Å². The van der Waals surface area contributed by atoms with E-state index < -0.39 is 29.5 Å². The fraction of sp³-hybridized carbons (Fsp3) is 0.250. The minimum Gasteiger partial charge on any atom is -0.479 e. The lowest BCUT2D eigenvalue weighted by Crippen LogP contribution is -2.45. The molecule has 0 bridgehead atoms. The number of amides is 2. The molecule has 0 saturated heterocycles. The Kier molecular flexibility index (Phi) is 6.26. The van der Waals surface area contributed by atoms with Crippen molar-refractivity contribution in [2.75, 3.05) is 23.4 Å². The Balaban J connectivity index is 1.53. The summed E-state index contributed by atoms with van der Waals surface area (Å²) in [6.07, 6.45) is -0.811. The molecular weight excluding hydrogens is 394 g/mol. The summed E-state index contributed by atoms with van der Waals surface area (Å²) in [4.78, 5) is 48.2. The smallest absolute Gasteiger partial charge is 0.308 e. The van der Waals surface area contributed by atoms with Gasteiger partial charge in [0.15, 0.2) is 12.7 Å². The van der Waals surface area contributed by atoms with Crippen molar-refractivity contribution in [1.29, 1.82) is 0 Å². The second kappa shape index (κ2) is 9.03. The highest BCUT2D eigenvalue weighted by molar-refractivity contribution is 6.00. The number of nitrogens with zero attached hydrogens (tertiary/aromatic N) is 2. The molecule has 3 rings (SSSR count). The van der Waals surface area contributed by atoms with Gasteiger partial charge >= 0.3 is 5.97 Å². The zero-order valence-corrected chi connectivity index (χ0v) is 16.1. The van der Waals surface area contributed by atoms with Gasteiger partial charge in [-0.05, 0) is 25.1 Å². The third kappa shape index (κ3) is 4.72. The molecule has 1 N–H and O–H groups in total. The van der Waals surface area contributed by atoms with Crippen molar-refractivity contribution >= 4 is 34.8 Å². The van der Waals surface area contributed by atoms with Gasteiger partial charge < -0.3 is 19.7 Å². The predicted molar refractivity (Wildman–Crippen MR) is 106 cm³/mol. The second-order valence-corrected chi connectivity index (χ2v) is 6.45. The van der Waals surface area contributed by atoms with Crippen molar-refractivity contribution in [2.24, 2.45) is 0 Å². The van der Waals surface area contributed by atoms with Gasteiger partial charge in [-0.25, -0.2) is 0 Å². The van der Waals surface area contributed by atoms with Gasteiger partial charge in [0.2, 0.25) is 0 Å². The number of nitro groups is 1. The van der Waals surface area contributed by atoms with Crippen molar-refractivity contribution in [1.82, 2.24) is 0 Å². The van der Waals surface area contributed by atoms with E-state index in [2.05, 4.69) is 5.32 Å². The van der Waals surface area contributed by atoms with Crippen molar-refractivity contribution in [2.45, 2.75) is 19.4 Å². The minimum absolute atomic E-state index is 0.00746. The number of benzene rings is 2. The number of esters is 1. The highest BCUT2D eigenvalue weighted by Crippen LogP contribution is 2.33. The summed E-state index contributed by atoms with van der Waals surface area (Å²) in [6, 6.07) is 12.6. The lowest BCUT2D eigenvalue weighted by atomic mass is 10.2. The van der Waals surface area contributed by atoms with Crippen LogP contribution >= 0.6 is 0 Å². The van der Waals surface area contributed by atoms with Gasteiger partial charge in [0.1, 0.15) is 11.4 Å². The third-order valence-corrected chi connectivity index (χ3v) is 4.35. The molecule has 156 valence electrons. The molecule has 10 heteroatoms. The number of fused-ring (bicyclic) bond motifs is 1. The van der Waals surface area contributed by atoms with E-state index in [1.807, 2.05) is 0 Å². The molecule has 0 aliphatic carbocycles. The van der Waals surface area contributed by atoms with Crippen LogP contribution in [-0.4, -0.2) is 42.0 Å². The molecule has 1 aliphatic rings. The number of carbonyl (C=O) groups is 3. The number of anilines is 2. The topological polar surface area (TPSA) is 128 Å². The van der Waals surface area contributed by atoms with Gasteiger partial charge in [0, 0.05) is 12.6 Å². The standard InChI is InChI=1S/C20H19N3O7/c1-13-20(26)22(16-8-4-5-9-17(16)30-13)11-10-19(25)29-12-18(24)21-14-6-2-3-7-15(14)23(27)28/h2-9,13H,10-12H2,1H3,(H,21,24). The van der Waals surface area contributed by atoms with E-state index in [9.17, 15) is 24.5 Å². The lowest BCUT2D eigenvalue weighted by Gasteiger charge is -2.32. The highest BCUT2D eigenvalue weighted by atomic mass is 16.6. The molecule has 0 saturated carbocycles. The first-order chi connectivity index (χ1) is 14.4. The van der Waals surface area contributed by atoms with Crippen LogP contribution in [0.3, 0.4) is 0 Å². The second-order valence-electron chi connectivity index (χ2n) is 6.45. The van der Waals surface area contributed by atoms with Crippen LogP contribution < -0.4 is 15.0 Å².